The van der Waals surface area contributed by atoms with E-state index in [-0.39, 0.29) is 5.41 Å². The Morgan fingerprint density at radius 3 is 1.16 bits per heavy atom. The summed E-state index contributed by atoms with van der Waals surface area (Å²) in [6, 6.07) is 76.7. The maximum Gasteiger partial charge on any atom is -0.000740 e. The Bertz CT molecular complexity index is 4440. The molecule has 0 bridgehead atoms. The molecule has 314 valence electrons. The molecule has 15 aromatic rings. The predicted molar refractivity (Wildman–Crippen MR) is 294 cm³/mol. The highest BCUT2D eigenvalue weighted by Crippen LogP contribution is 2.57. The van der Waals surface area contributed by atoms with Gasteiger partial charge in [0.15, 0.2) is 0 Å². The van der Waals surface area contributed by atoms with Crippen LogP contribution in [-0.2, 0) is 5.41 Å². The van der Waals surface area contributed by atoms with Crippen LogP contribution in [0.1, 0.15) is 26.3 Å². The van der Waals surface area contributed by atoms with E-state index < -0.39 is 0 Å². The molecule has 0 saturated heterocycles. The Morgan fingerprint density at radius 2 is 0.618 bits per heavy atom. The van der Waals surface area contributed by atoms with Crippen molar-refractivity contribution in [3.63, 3.8) is 0 Å². The van der Waals surface area contributed by atoms with E-state index in [1.807, 2.05) is 0 Å². The molecular formula is C68H42. The van der Waals surface area contributed by atoms with E-state index >= 15 is 0 Å². The van der Waals surface area contributed by atoms with E-state index in [4.69, 9.17) is 0 Å². The Morgan fingerprint density at radius 1 is 0.221 bits per heavy atom. The van der Waals surface area contributed by atoms with Gasteiger partial charge in [0.25, 0.3) is 0 Å². The van der Waals surface area contributed by atoms with Crippen LogP contribution in [0.15, 0.2) is 200 Å². The first-order valence-electron chi connectivity index (χ1n) is 24.2. The van der Waals surface area contributed by atoms with Crippen LogP contribution in [0.5, 0.6) is 0 Å². The molecule has 0 radical (unpaired) electrons. The normalized spacial score (nSPS) is 12.9. The molecule has 0 aliphatic heterocycles. The molecule has 0 atom stereocenters. The van der Waals surface area contributed by atoms with Crippen LogP contribution in [0.4, 0.5) is 0 Å². The summed E-state index contributed by atoms with van der Waals surface area (Å²) in [6.07, 6.45) is 0. The lowest BCUT2D eigenvalue weighted by Gasteiger charge is -2.23. The van der Waals surface area contributed by atoms with Gasteiger partial charge >= 0.3 is 0 Å². The first-order valence-corrected chi connectivity index (χ1v) is 24.2. The average Bonchev–Trinajstić information content (AvgIpc) is 4.01. The van der Waals surface area contributed by atoms with Crippen molar-refractivity contribution in [2.24, 2.45) is 0 Å². The van der Waals surface area contributed by atoms with E-state index in [1.165, 1.54) is 169 Å². The Labute approximate surface area is 393 Å². The third-order valence-corrected chi connectivity index (χ3v) is 16.2. The molecule has 0 spiro atoms. The van der Waals surface area contributed by atoms with Crippen LogP contribution in [0.2, 0.25) is 0 Å². The standard InChI is InChI=1S/C68H42/c1-68(2,3)58-24-13-12-21-42(58)41-25-26-51-55-36-57-56(35-54(55)44-23-14-22-43(41)61(44)51)59(37-15-6-4-7-16-37)66-52-33-31-49-47-29-27-45-39-19-10-11-20-40(39)46-28-30-48(63(47)62(45)46)50-32-34-53(65(52)64(49)50)67(66)60(57)38-17-8-5-9-18-38/h4-36H,1-3H3. The van der Waals surface area contributed by atoms with Gasteiger partial charge in [-0.25, -0.2) is 0 Å². The van der Waals surface area contributed by atoms with Crippen molar-refractivity contribution in [3.8, 4) is 55.6 Å². The third kappa shape index (κ3) is 4.51. The fourth-order valence-corrected chi connectivity index (χ4v) is 13.5. The van der Waals surface area contributed by atoms with Crippen molar-refractivity contribution in [3.05, 3.63) is 206 Å². The van der Waals surface area contributed by atoms with Crippen molar-refractivity contribution in [1.29, 1.82) is 0 Å². The molecule has 0 unspecified atom stereocenters. The summed E-state index contributed by atoms with van der Waals surface area (Å²) >= 11 is 0. The van der Waals surface area contributed by atoms with Crippen LogP contribution in [0.25, 0.3) is 163 Å². The van der Waals surface area contributed by atoms with Crippen LogP contribution >= 0.6 is 0 Å². The number of rotatable bonds is 3. The highest BCUT2D eigenvalue weighted by Gasteiger charge is 2.29. The van der Waals surface area contributed by atoms with Gasteiger partial charge in [-0.3, -0.25) is 0 Å². The molecule has 0 nitrogen and oxygen atoms in total. The second-order valence-electron chi connectivity index (χ2n) is 20.5. The van der Waals surface area contributed by atoms with Gasteiger partial charge < -0.3 is 0 Å². The molecule has 0 heteroatoms. The predicted octanol–water partition coefficient (Wildman–Crippen LogP) is 19.5. The second-order valence-corrected chi connectivity index (χ2v) is 20.5. The lowest BCUT2D eigenvalue weighted by Crippen LogP contribution is -2.12. The van der Waals surface area contributed by atoms with Gasteiger partial charge in [-0.05, 0) is 186 Å². The Hall–Kier alpha value is -8.32. The quantitative estimate of drug-likeness (QED) is 0.123. The van der Waals surface area contributed by atoms with Gasteiger partial charge in [0.05, 0.1) is 0 Å². The van der Waals surface area contributed by atoms with Crippen molar-refractivity contribution >= 4 is 108 Å². The third-order valence-electron chi connectivity index (χ3n) is 16.2. The molecule has 15 aromatic carbocycles. The summed E-state index contributed by atoms with van der Waals surface area (Å²) in [5, 5.41) is 26.7. The van der Waals surface area contributed by atoms with Gasteiger partial charge in [0.1, 0.15) is 0 Å². The molecule has 1 aliphatic carbocycles. The van der Waals surface area contributed by atoms with Crippen LogP contribution < -0.4 is 0 Å². The zero-order valence-corrected chi connectivity index (χ0v) is 38.1. The molecule has 0 fully saturated rings. The van der Waals surface area contributed by atoms with Crippen LogP contribution in [0.3, 0.4) is 0 Å². The van der Waals surface area contributed by atoms with Crippen molar-refractivity contribution in [2.75, 3.05) is 0 Å². The summed E-state index contributed by atoms with van der Waals surface area (Å²) < 4.78 is 0. The number of hydrogen-bond donors (Lipinski definition) is 0. The van der Waals surface area contributed by atoms with Gasteiger partial charge in [-0.2, -0.15) is 0 Å². The van der Waals surface area contributed by atoms with Crippen molar-refractivity contribution in [2.45, 2.75) is 26.2 Å². The molecule has 0 amide bonds. The fraction of sp³-hybridized carbons (Fsp3) is 0.0588. The molecular weight excluding hydrogens is 817 g/mol. The van der Waals surface area contributed by atoms with Crippen LogP contribution in [0, 0.1) is 0 Å². The van der Waals surface area contributed by atoms with E-state index in [2.05, 4.69) is 221 Å². The zero-order valence-electron chi connectivity index (χ0n) is 38.1. The molecule has 16 rings (SSSR count). The van der Waals surface area contributed by atoms with E-state index in [0.29, 0.717) is 0 Å². The lowest BCUT2D eigenvalue weighted by atomic mass is 9.81. The average molecular weight is 859 g/mol. The summed E-state index contributed by atoms with van der Waals surface area (Å²) in [7, 11) is 0. The monoisotopic (exact) mass is 858 g/mol. The maximum absolute atomic E-state index is 2.56. The molecule has 0 heterocycles. The van der Waals surface area contributed by atoms with Crippen molar-refractivity contribution in [1.82, 2.24) is 0 Å². The second kappa shape index (κ2) is 12.8. The van der Waals surface area contributed by atoms with E-state index in [9.17, 15) is 0 Å². The molecule has 0 aromatic heterocycles. The molecule has 0 saturated carbocycles. The van der Waals surface area contributed by atoms with Gasteiger partial charge in [-0.15, -0.1) is 0 Å². The zero-order chi connectivity index (χ0) is 44.7. The minimum Gasteiger partial charge on any atom is -0.0622 e. The number of benzene rings is 13. The molecule has 1 aliphatic rings. The first-order chi connectivity index (χ1) is 33.4. The smallest absolute Gasteiger partial charge is 0.000740 e. The van der Waals surface area contributed by atoms with Gasteiger partial charge in [-0.1, -0.05) is 209 Å². The van der Waals surface area contributed by atoms with Crippen LogP contribution in [-0.4, -0.2) is 0 Å². The minimum absolute atomic E-state index is 0.0114. The highest BCUT2D eigenvalue weighted by molar-refractivity contribution is 6.47. The van der Waals surface area contributed by atoms with E-state index in [0.717, 1.165) is 0 Å². The summed E-state index contributed by atoms with van der Waals surface area (Å²) in [6.45, 7) is 6.98. The van der Waals surface area contributed by atoms with Gasteiger partial charge in [0.2, 0.25) is 0 Å². The largest absolute Gasteiger partial charge is 0.0622 e. The number of hydrogen-bond acceptors (Lipinski definition) is 0. The summed E-state index contributed by atoms with van der Waals surface area (Å²) in [4.78, 5) is 0. The summed E-state index contributed by atoms with van der Waals surface area (Å²) in [5.74, 6) is 0. The van der Waals surface area contributed by atoms with E-state index in [1.54, 1.807) is 0 Å². The maximum atomic E-state index is 2.56. The Kier molecular flexibility index (Phi) is 6.92. The minimum atomic E-state index is 0.0114. The fourth-order valence-electron chi connectivity index (χ4n) is 13.5. The SMILES string of the molecule is CC(C)(C)c1ccccc1-c1ccc2c3cc4c(-c5ccccc5)c5c6ccc7c8ccc9c%10c(ccc(c%11ccc(c5c(-c5ccccc5)c4cc3c3cccc1c32)c6c%117)c%108)-c1ccccc1-9. The van der Waals surface area contributed by atoms with Crippen molar-refractivity contribution < 1.29 is 0 Å². The number of fused-ring (bicyclic) bond motifs is 12. The topological polar surface area (TPSA) is 0 Å². The first kappa shape index (κ1) is 36.8. The lowest BCUT2D eigenvalue weighted by molar-refractivity contribution is 0.592. The highest BCUT2D eigenvalue weighted by atomic mass is 14.3. The molecule has 0 N–H and O–H groups in total. The van der Waals surface area contributed by atoms with Gasteiger partial charge in [0, 0.05) is 0 Å². The summed E-state index contributed by atoms with van der Waals surface area (Å²) in [5.41, 5.74) is 14.5. The molecule has 68 heavy (non-hydrogen) atoms. The Balaban J connectivity index is 1.08.